The Kier molecular flexibility index (Phi) is 12.6. The van der Waals surface area contributed by atoms with Gasteiger partial charge in [-0.3, -0.25) is 0 Å². The van der Waals surface area contributed by atoms with Crippen molar-refractivity contribution >= 4 is 67.1 Å². The van der Waals surface area contributed by atoms with Gasteiger partial charge in [-0.2, -0.15) is 8.42 Å². The molecular weight excluding hydrogens is 717 g/mol. The van der Waals surface area contributed by atoms with Crippen LogP contribution in [0.2, 0.25) is 0 Å². The second-order valence-corrected chi connectivity index (χ2v) is 14.5. The predicted molar refractivity (Wildman–Crippen MR) is 215 cm³/mol. The molecule has 0 unspecified atom stereocenters. The maximum atomic E-state index is 12.5. The van der Waals surface area contributed by atoms with E-state index in [2.05, 4.69) is 68.4 Å². The lowest BCUT2D eigenvalue weighted by Gasteiger charge is -2.23. The van der Waals surface area contributed by atoms with Crippen molar-refractivity contribution in [2.75, 3.05) is 49.2 Å². The maximum absolute atomic E-state index is 12.5. The molecule has 0 saturated carbocycles. The summed E-state index contributed by atoms with van der Waals surface area (Å²) < 4.78 is 43.4. The van der Waals surface area contributed by atoms with Crippen LogP contribution in [0.1, 0.15) is 26.7 Å². The molecule has 4 aromatic carbocycles. The van der Waals surface area contributed by atoms with Crippen molar-refractivity contribution in [1.82, 2.24) is 9.13 Å². The Hall–Kier alpha value is -5.51. The van der Waals surface area contributed by atoms with Crippen LogP contribution in [0.25, 0.3) is 22.1 Å². The highest BCUT2D eigenvalue weighted by Crippen LogP contribution is 2.25. The molecule has 55 heavy (non-hydrogen) atoms. The van der Waals surface area contributed by atoms with E-state index < -0.39 is 10.4 Å². The van der Waals surface area contributed by atoms with Crippen LogP contribution in [0.3, 0.4) is 0 Å². The first-order valence-corrected chi connectivity index (χ1v) is 19.9. The Morgan fingerprint density at radius 1 is 0.582 bits per heavy atom. The zero-order valence-corrected chi connectivity index (χ0v) is 33.2. The minimum Gasteiger partial charge on any atom is -0.372 e. The highest BCUT2D eigenvalue weighted by Gasteiger charge is 2.20. The third kappa shape index (κ3) is 9.24. The molecule has 2 aromatic heterocycles. The fourth-order valence-electron chi connectivity index (χ4n) is 6.68. The van der Waals surface area contributed by atoms with Crippen molar-refractivity contribution in [3.63, 3.8) is 0 Å². The van der Waals surface area contributed by atoms with E-state index in [4.69, 9.17) is 8.37 Å². The van der Waals surface area contributed by atoms with E-state index in [9.17, 15) is 8.42 Å². The van der Waals surface area contributed by atoms with E-state index in [1.807, 2.05) is 119 Å². The Labute approximate surface area is 322 Å². The number of fused-ring (bicyclic) bond motifs is 2. The number of rotatable bonds is 18. The number of aromatic nitrogens is 4. The molecule has 0 aliphatic rings. The lowest BCUT2D eigenvalue weighted by atomic mass is 10.2. The van der Waals surface area contributed by atoms with Gasteiger partial charge in [0.1, 0.15) is 33.4 Å². The molecule has 15 heteroatoms. The first-order valence-electron chi connectivity index (χ1n) is 18.5. The molecule has 288 valence electrons. The van der Waals surface area contributed by atoms with Crippen LogP contribution < -0.4 is 18.9 Å². The van der Waals surface area contributed by atoms with E-state index in [1.165, 1.54) is 0 Å². The zero-order valence-electron chi connectivity index (χ0n) is 32.4. The van der Waals surface area contributed by atoms with Gasteiger partial charge in [-0.1, -0.05) is 34.5 Å². The van der Waals surface area contributed by atoms with Gasteiger partial charge >= 0.3 is 22.3 Å². The molecule has 0 aliphatic heterocycles. The molecule has 0 fully saturated rings. The van der Waals surface area contributed by atoms with Crippen LogP contribution in [0, 0.1) is 0 Å². The second-order valence-electron chi connectivity index (χ2n) is 13.2. The SMILES string of the molecule is CCN(CCCOS(=O)(=O)OCCCN(CC)c1ccc(/N=N/c2n(C)c3ccccc3[n+]2C)cc1)c1ccc(/N=N/c2n(C)c3ccccc3[n+]2C)cc1. The van der Waals surface area contributed by atoms with Crippen LogP contribution in [0.4, 0.5) is 34.6 Å². The van der Waals surface area contributed by atoms with E-state index in [0.29, 0.717) is 25.9 Å². The Bertz CT molecular complexity index is 2150. The number of benzene rings is 4. The number of aryl methyl sites for hydroxylation is 4. The van der Waals surface area contributed by atoms with E-state index in [1.54, 1.807) is 0 Å². The molecule has 0 aliphatic carbocycles. The molecular formula is C40H50N10O4S+2. The average molecular weight is 767 g/mol. The normalized spacial score (nSPS) is 12.2. The average Bonchev–Trinajstić information content (AvgIpc) is 3.60. The van der Waals surface area contributed by atoms with E-state index >= 15 is 0 Å². The fraction of sp³-hybridized carbons (Fsp3) is 0.350. The minimum atomic E-state index is -4.11. The van der Waals surface area contributed by atoms with Gasteiger partial charge < -0.3 is 9.80 Å². The first-order chi connectivity index (χ1) is 26.6. The van der Waals surface area contributed by atoms with Gasteiger partial charge in [0.05, 0.1) is 41.4 Å². The smallest absolute Gasteiger partial charge is 0.372 e. The number of hydrogen-bond donors (Lipinski definition) is 0. The predicted octanol–water partition coefficient (Wildman–Crippen LogP) is 7.56. The third-order valence-corrected chi connectivity index (χ3v) is 10.6. The van der Waals surface area contributed by atoms with Gasteiger partial charge in [-0.25, -0.2) is 26.6 Å². The lowest BCUT2D eigenvalue weighted by molar-refractivity contribution is -0.632. The van der Waals surface area contributed by atoms with Gasteiger partial charge in [0, 0.05) is 47.8 Å². The molecule has 0 saturated heterocycles. The molecule has 0 atom stereocenters. The molecule has 6 aromatic rings. The summed E-state index contributed by atoms with van der Waals surface area (Å²) in [5, 5.41) is 18.0. The monoisotopic (exact) mass is 766 g/mol. The number of nitrogens with zero attached hydrogens (tertiary/aromatic N) is 10. The van der Waals surface area contributed by atoms with Crippen LogP contribution >= 0.6 is 0 Å². The Morgan fingerprint density at radius 3 is 1.33 bits per heavy atom. The number of para-hydroxylation sites is 4. The van der Waals surface area contributed by atoms with Crippen molar-refractivity contribution in [3.8, 4) is 0 Å². The van der Waals surface area contributed by atoms with Crippen LogP contribution in [0.5, 0.6) is 0 Å². The highest BCUT2D eigenvalue weighted by molar-refractivity contribution is 7.81. The third-order valence-electron chi connectivity index (χ3n) is 9.71. The van der Waals surface area contributed by atoms with Gasteiger partial charge in [-0.15, -0.1) is 0 Å². The van der Waals surface area contributed by atoms with Gasteiger partial charge in [0.15, 0.2) is 0 Å². The molecule has 0 amide bonds. The number of azo groups is 2. The fourth-order valence-corrected chi connectivity index (χ4v) is 7.40. The molecule has 0 spiro atoms. The van der Waals surface area contributed by atoms with E-state index in [-0.39, 0.29) is 13.2 Å². The number of imidazole rings is 2. The van der Waals surface area contributed by atoms with Crippen molar-refractivity contribution in [1.29, 1.82) is 0 Å². The number of anilines is 2. The van der Waals surface area contributed by atoms with Gasteiger partial charge in [0.2, 0.25) is 0 Å². The molecule has 0 N–H and O–H groups in total. The molecule has 14 nitrogen and oxygen atoms in total. The van der Waals surface area contributed by atoms with Gasteiger partial charge in [-0.05, 0) is 99.5 Å². The molecule has 6 rings (SSSR count). The number of hydrogen-bond acceptors (Lipinski definition) is 10. The van der Waals surface area contributed by atoms with Gasteiger partial charge in [0.25, 0.3) is 0 Å². The largest absolute Gasteiger partial charge is 0.422 e. The highest BCUT2D eigenvalue weighted by atomic mass is 32.3. The van der Waals surface area contributed by atoms with Crippen LogP contribution in [-0.4, -0.2) is 56.9 Å². The second kappa shape index (κ2) is 17.8. The van der Waals surface area contributed by atoms with Crippen LogP contribution in [-0.2, 0) is 47.0 Å². The van der Waals surface area contributed by atoms with Crippen molar-refractivity contribution in [2.45, 2.75) is 26.7 Å². The Morgan fingerprint density at radius 2 is 0.964 bits per heavy atom. The summed E-state index contributed by atoms with van der Waals surface area (Å²) in [5.74, 6) is 1.49. The summed E-state index contributed by atoms with van der Waals surface area (Å²) in [6, 6.07) is 31.9. The minimum absolute atomic E-state index is 0.0245. The molecule has 2 heterocycles. The van der Waals surface area contributed by atoms with Crippen molar-refractivity contribution in [2.24, 2.45) is 48.6 Å². The standard InChI is InChI=1S/C40H50N10O4S/c1-7-49(33-23-19-31(20-24-33)41-43-39-45(3)35-15-9-10-16-36(35)46(39)4)27-13-29-53-55(51,52)54-30-14-28-50(8-2)34-25-21-32(22-26-34)42-44-40-47(5)37-17-11-12-18-38(37)48(40)6/h9-12,15-26H,7-8,13-14,27-30H2,1-6H3/q+2. The molecule has 0 bridgehead atoms. The summed E-state index contributed by atoms with van der Waals surface area (Å²) in [6.45, 7) is 6.90. The summed E-state index contributed by atoms with van der Waals surface area (Å²) >= 11 is 0. The quantitative estimate of drug-likeness (QED) is 0.0505. The lowest BCUT2D eigenvalue weighted by Crippen LogP contribution is -2.26. The maximum Gasteiger partial charge on any atom is 0.422 e. The first kappa shape index (κ1) is 39.2. The van der Waals surface area contributed by atoms with Crippen molar-refractivity contribution in [3.05, 3.63) is 97.1 Å². The summed E-state index contributed by atoms with van der Waals surface area (Å²) in [6.07, 6.45) is 1.02. The summed E-state index contributed by atoms with van der Waals surface area (Å²) in [5.41, 5.74) is 7.82. The topological polar surface area (TPSA) is 126 Å². The van der Waals surface area contributed by atoms with Crippen molar-refractivity contribution < 1.29 is 25.9 Å². The Balaban J connectivity index is 0.917. The molecule has 0 radical (unpaired) electrons. The summed E-state index contributed by atoms with van der Waals surface area (Å²) in [7, 11) is 3.80. The van der Waals surface area contributed by atoms with Crippen LogP contribution in [0.15, 0.2) is 118 Å². The zero-order chi connectivity index (χ0) is 39.0. The summed E-state index contributed by atoms with van der Waals surface area (Å²) in [4.78, 5) is 4.31. The van der Waals surface area contributed by atoms with E-state index in [0.717, 1.165) is 69.8 Å².